The van der Waals surface area contributed by atoms with E-state index in [1.165, 1.54) is 29.2 Å². The van der Waals surface area contributed by atoms with Gasteiger partial charge in [-0.3, -0.25) is 13.9 Å². The highest BCUT2D eigenvalue weighted by molar-refractivity contribution is 7.92. The number of carbonyl (C=O) groups excluding carboxylic acids is 2. The third-order valence-corrected chi connectivity index (χ3v) is 8.72. The van der Waals surface area contributed by atoms with Crippen LogP contribution in [-0.2, 0) is 26.2 Å². The Morgan fingerprint density at radius 2 is 1.60 bits per heavy atom. The van der Waals surface area contributed by atoms with Gasteiger partial charge in [0.2, 0.25) is 11.8 Å². The number of benzene rings is 3. The lowest BCUT2D eigenvalue weighted by atomic mass is 10.1. The second kappa shape index (κ2) is 15.6. The van der Waals surface area contributed by atoms with Crippen LogP contribution in [-0.4, -0.2) is 58.0 Å². The van der Waals surface area contributed by atoms with Gasteiger partial charge in [-0.05, 0) is 73.4 Å². The Labute approximate surface area is 259 Å². The fourth-order valence-electron chi connectivity index (χ4n) is 4.46. The first-order valence-corrected chi connectivity index (χ1v) is 16.0. The first kappa shape index (κ1) is 33.7. The molecule has 0 spiro atoms. The van der Waals surface area contributed by atoms with Crippen LogP contribution in [0.5, 0.6) is 11.5 Å². The second-order valence-corrected chi connectivity index (χ2v) is 12.6. The Balaban J connectivity index is 2.09. The molecule has 0 heterocycles. The van der Waals surface area contributed by atoms with Gasteiger partial charge in [-0.25, -0.2) is 8.42 Å². The van der Waals surface area contributed by atoms with Crippen LogP contribution in [0.4, 0.5) is 5.69 Å². The summed E-state index contributed by atoms with van der Waals surface area (Å²) in [7, 11) is -2.70. The number of hydrogen-bond donors (Lipinski definition) is 1. The molecule has 0 aliphatic carbocycles. The number of nitrogens with zero attached hydrogens (tertiary/aromatic N) is 2. The molecule has 0 bridgehead atoms. The number of amides is 2. The monoisotopic (exact) mass is 629 g/mol. The summed E-state index contributed by atoms with van der Waals surface area (Å²) in [6, 6.07) is 18.7. The van der Waals surface area contributed by atoms with Gasteiger partial charge in [-0.2, -0.15) is 0 Å². The highest BCUT2D eigenvalue weighted by atomic mass is 35.5. The number of halogens is 1. The third kappa shape index (κ3) is 8.87. The fraction of sp³-hybridized carbons (Fsp3) is 0.375. The molecule has 0 saturated heterocycles. The van der Waals surface area contributed by atoms with Crippen molar-refractivity contribution >= 4 is 39.1 Å². The number of nitrogens with one attached hydrogen (secondary N) is 1. The molecular weight excluding hydrogens is 590 g/mol. The Morgan fingerprint density at radius 1 is 0.953 bits per heavy atom. The highest BCUT2D eigenvalue weighted by Gasteiger charge is 2.34. The minimum atomic E-state index is -4.27. The molecule has 0 aromatic heterocycles. The number of carbonyl (C=O) groups is 2. The van der Waals surface area contributed by atoms with Gasteiger partial charge in [0.25, 0.3) is 10.0 Å². The third-order valence-electron chi connectivity index (χ3n) is 6.70. The zero-order chi connectivity index (χ0) is 31.6. The van der Waals surface area contributed by atoms with Gasteiger partial charge in [0, 0.05) is 18.1 Å². The first-order chi connectivity index (χ1) is 20.5. The molecule has 3 aromatic rings. The topological polar surface area (TPSA) is 105 Å². The van der Waals surface area contributed by atoms with Crippen molar-refractivity contribution in [1.82, 2.24) is 10.2 Å². The standard InChI is InChI=1S/C32H40ClN3O6S/c1-6-28(32(38)34-20-23(3)4)35(21-24-12-16-26(41-5)17-13-24)31(37)22-36(29-10-8-9-11-30(29)42-7-2)43(39,40)27-18-14-25(33)15-19-27/h8-19,23,28H,6-7,20-22H2,1-5H3,(H,34,38). The van der Waals surface area contributed by atoms with Crippen LogP contribution in [0.1, 0.15) is 39.7 Å². The molecule has 0 saturated carbocycles. The average molecular weight is 630 g/mol. The van der Waals surface area contributed by atoms with Crippen molar-refractivity contribution in [2.45, 2.75) is 51.6 Å². The summed E-state index contributed by atoms with van der Waals surface area (Å²) in [5, 5.41) is 3.30. The smallest absolute Gasteiger partial charge is 0.264 e. The normalized spacial score (nSPS) is 12.0. The van der Waals surface area contributed by atoms with Crippen LogP contribution >= 0.6 is 11.6 Å². The van der Waals surface area contributed by atoms with Crippen LogP contribution in [0, 0.1) is 5.92 Å². The quantitative estimate of drug-likeness (QED) is 0.237. The maximum atomic E-state index is 14.3. The van der Waals surface area contributed by atoms with Crippen molar-refractivity contribution in [1.29, 1.82) is 0 Å². The molecule has 9 nitrogen and oxygen atoms in total. The SMILES string of the molecule is CCOc1ccccc1N(CC(=O)N(Cc1ccc(OC)cc1)C(CC)C(=O)NCC(C)C)S(=O)(=O)c1ccc(Cl)cc1. The van der Waals surface area contributed by atoms with E-state index in [1.807, 2.05) is 32.9 Å². The average Bonchev–Trinajstić information content (AvgIpc) is 2.99. The van der Waals surface area contributed by atoms with E-state index in [0.717, 1.165) is 9.87 Å². The number of sulfonamides is 1. The number of hydrogen-bond acceptors (Lipinski definition) is 6. The number of para-hydroxylation sites is 2. The summed E-state index contributed by atoms with van der Waals surface area (Å²) in [6.07, 6.45) is 0.325. The van der Waals surface area contributed by atoms with E-state index in [2.05, 4.69) is 5.32 Å². The van der Waals surface area contributed by atoms with Gasteiger partial charge >= 0.3 is 0 Å². The lowest BCUT2D eigenvalue weighted by Gasteiger charge is -2.33. The lowest BCUT2D eigenvalue weighted by Crippen LogP contribution is -2.52. The molecule has 2 amide bonds. The largest absolute Gasteiger partial charge is 0.497 e. The first-order valence-electron chi connectivity index (χ1n) is 14.2. The zero-order valence-corrected chi connectivity index (χ0v) is 26.8. The predicted molar refractivity (Wildman–Crippen MR) is 169 cm³/mol. The van der Waals surface area contributed by atoms with Crippen molar-refractivity contribution < 1.29 is 27.5 Å². The maximum absolute atomic E-state index is 14.3. The second-order valence-electron chi connectivity index (χ2n) is 10.3. The van der Waals surface area contributed by atoms with Crippen LogP contribution in [0.3, 0.4) is 0 Å². The summed E-state index contributed by atoms with van der Waals surface area (Å²) in [4.78, 5) is 29.0. The molecule has 3 rings (SSSR count). The van der Waals surface area contributed by atoms with E-state index in [1.54, 1.807) is 50.4 Å². The van der Waals surface area contributed by atoms with Crippen molar-refractivity contribution in [2.24, 2.45) is 5.92 Å². The van der Waals surface area contributed by atoms with E-state index >= 15 is 0 Å². The Hall–Kier alpha value is -3.76. The number of rotatable bonds is 15. The van der Waals surface area contributed by atoms with Crippen molar-refractivity contribution in [3.05, 3.63) is 83.4 Å². The number of methoxy groups -OCH3 is 1. The number of anilines is 1. The van der Waals surface area contributed by atoms with Gasteiger partial charge in [-0.1, -0.05) is 56.6 Å². The van der Waals surface area contributed by atoms with Crippen molar-refractivity contribution in [2.75, 3.05) is 31.1 Å². The minimum absolute atomic E-state index is 0.0422. The Bertz CT molecular complexity index is 1460. The number of ether oxygens (including phenoxy) is 2. The van der Waals surface area contributed by atoms with Crippen LogP contribution in [0.2, 0.25) is 5.02 Å². The summed E-state index contributed by atoms with van der Waals surface area (Å²) in [5.74, 6) is 0.309. The molecule has 3 aromatic carbocycles. The summed E-state index contributed by atoms with van der Waals surface area (Å²) >= 11 is 6.04. The molecule has 1 atom stereocenters. The summed E-state index contributed by atoms with van der Waals surface area (Å²) < 4.78 is 40.3. The Morgan fingerprint density at radius 3 is 2.19 bits per heavy atom. The van der Waals surface area contributed by atoms with E-state index in [9.17, 15) is 18.0 Å². The van der Waals surface area contributed by atoms with Crippen LogP contribution in [0.15, 0.2) is 77.7 Å². The fourth-order valence-corrected chi connectivity index (χ4v) is 6.01. The van der Waals surface area contributed by atoms with E-state index in [4.69, 9.17) is 21.1 Å². The highest BCUT2D eigenvalue weighted by Crippen LogP contribution is 2.33. The molecule has 0 aliphatic heterocycles. The lowest BCUT2D eigenvalue weighted by molar-refractivity contribution is -0.140. The molecule has 0 radical (unpaired) electrons. The minimum Gasteiger partial charge on any atom is -0.497 e. The molecule has 1 unspecified atom stereocenters. The van der Waals surface area contributed by atoms with Gasteiger partial charge in [0.15, 0.2) is 0 Å². The van der Waals surface area contributed by atoms with E-state index in [0.29, 0.717) is 29.5 Å². The zero-order valence-electron chi connectivity index (χ0n) is 25.2. The molecule has 0 aliphatic rings. The van der Waals surface area contributed by atoms with E-state index in [-0.39, 0.29) is 35.6 Å². The van der Waals surface area contributed by atoms with Crippen molar-refractivity contribution in [3.63, 3.8) is 0 Å². The molecule has 1 N–H and O–H groups in total. The van der Waals surface area contributed by atoms with Gasteiger partial charge < -0.3 is 19.7 Å². The van der Waals surface area contributed by atoms with Gasteiger partial charge in [0.1, 0.15) is 24.1 Å². The molecule has 43 heavy (non-hydrogen) atoms. The molecule has 232 valence electrons. The van der Waals surface area contributed by atoms with E-state index < -0.39 is 28.5 Å². The molecular formula is C32H40ClN3O6S. The summed E-state index contributed by atoms with van der Waals surface area (Å²) in [5.41, 5.74) is 0.959. The van der Waals surface area contributed by atoms with Crippen LogP contribution < -0.4 is 19.1 Å². The van der Waals surface area contributed by atoms with Gasteiger partial charge in [0.05, 0.1) is 24.3 Å². The van der Waals surface area contributed by atoms with Gasteiger partial charge in [-0.15, -0.1) is 0 Å². The summed E-state index contributed by atoms with van der Waals surface area (Å²) in [6.45, 7) is 7.82. The van der Waals surface area contributed by atoms with Crippen LogP contribution in [0.25, 0.3) is 0 Å². The van der Waals surface area contributed by atoms with Crippen molar-refractivity contribution in [3.8, 4) is 11.5 Å². The Kier molecular flexibility index (Phi) is 12.3. The molecule has 11 heteroatoms. The molecule has 0 fully saturated rings. The maximum Gasteiger partial charge on any atom is 0.264 e. The predicted octanol–water partition coefficient (Wildman–Crippen LogP) is 5.52.